The summed E-state index contributed by atoms with van der Waals surface area (Å²) >= 11 is 3.57. The Kier molecular flexibility index (Phi) is 7.20. The number of benzene rings is 1. The lowest BCUT2D eigenvalue weighted by atomic mass is 10.1. The van der Waals surface area contributed by atoms with Gasteiger partial charge < -0.3 is 15.5 Å². The van der Waals surface area contributed by atoms with Crippen molar-refractivity contribution in [2.24, 2.45) is 10.9 Å². The van der Waals surface area contributed by atoms with Crippen molar-refractivity contribution < 1.29 is 0 Å². The van der Waals surface area contributed by atoms with Crippen molar-refractivity contribution in [2.75, 3.05) is 51.2 Å². The molecule has 0 saturated carbocycles. The predicted octanol–water partition coefficient (Wildman–Crippen LogP) is 2.92. The molecule has 0 bridgehead atoms. The highest BCUT2D eigenvalue weighted by Gasteiger charge is 2.24. The highest BCUT2D eigenvalue weighted by Crippen LogP contribution is 2.25. The first kappa shape index (κ1) is 19.5. The Morgan fingerprint density at radius 3 is 2.85 bits per heavy atom. The largest absolute Gasteiger partial charge is 0.371 e. The summed E-state index contributed by atoms with van der Waals surface area (Å²) in [6.07, 6.45) is 3.84. The third-order valence-electron chi connectivity index (χ3n) is 5.65. The fourth-order valence-corrected chi connectivity index (χ4v) is 4.51. The predicted molar refractivity (Wildman–Crippen MR) is 114 cm³/mol. The van der Waals surface area contributed by atoms with E-state index in [2.05, 4.69) is 72.5 Å². The molecule has 2 fully saturated rings. The van der Waals surface area contributed by atoms with E-state index in [0.29, 0.717) is 12.0 Å². The number of guanidine groups is 1. The number of halogens is 1. The number of anilines is 1. The lowest BCUT2D eigenvalue weighted by Gasteiger charge is -2.24. The first-order valence-electron chi connectivity index (χ1n) is 9.88. The monoisotopic (exact) mass is 421 g/mol. The molecule has 144 valence electrons. The van der Waals surface area contributed by atoms with Gasteiger partial charge in [-0.25, -0.2) is 0 Å². The Hall–Kier alpha value is -1.27. The smallest absolute Gasteiger partial charge is 0.191 e. The van der Waals surface area contributed by atoms with Crippen molar-refractivity contribution in [1.29, 1.82) is 0 Å². The maximum Gasteiger partial charge on any atom is 0.191 e. The summed E-state index contributed by atoms with van der Waals surface area (Å²) in [5, 5.41) is 7.06. The Morgan fingerprint density at radius 2 is 2.08 bits per heavy atom. The molecule has 2 aliphatic heterocycles. The summed E-state index contributed by atoms with van der Waals surface area (Å²) in [7, 11) is 1.87. The SMILES string of the molecule is CCN1CCCC1CNC(=NC)NCC1CCN(c2cccc(Br)c2)C1. The van der Waals surface area contributed by atoms with E-state index in [1.54, 1.807) is 0 Å². The van der Waals surface area contributed by atoms with E-state index in [1.807, 2.05) is 7.05 Å². The zero-order valence-corrected chi connectivity index (χ0v) is 17.6. The summed E-state index contributed by atoms with van der Waals surface area (Å²) < 4.78 is 1.15. The van der Waals surface area contributed by atoms with Crippen LogP contribution < -0.4 is 15.5 Å². The zero-order valence-electron chi connectivity index (χ0n) is 16.0. The van der Waals surface area contributed by atoms with Crippen molar-refractivity contribution >= 4 is 27.6 Å². The number of nitrogens with one attached hydrogen (secondary N) is 2. The van der Waals surface area contributed by atoms with Gasteiger partial charge in [0.2, 0.25) is 0 Å². The molecule has 2 unspecified atom stereocenters. The van der Waals surface area contributed by atoms with Gasteiger partial charge in [-0.2, -0.15) is 0 Å². The second-order valence-electron chi connectivity index (χ2n) is 7.34. The molecule has 0 spiro atoms. The lowest BCUT2D eigenvalue weighted by molar-refractivity contribution is 0.267. The molecule has 3 rings (SSSR count). The second-order valence-corrected chi connectivity index (χ2v) is 8.25. The van der Waals surface area contributed by atoms with Crippen molar-refractivity contribution in [3.63, 3.8) is 0 Å². The van der Waals surface area contributed by atoms with Crippen molar-refractivity contribution in [3.8, 4) is 0 Å². The highest BCUT2D eigenvalue weighted by atomic mass is 79.9. The van der Waals surface area contributed by atoms with Gasteiger partial charge in [0.25, 0.3) is 0 Å². The van der Waals surface area contributed by atoms with Gasteiger partial charge in [-0.05, 0) is 56.5 Å². The van der Waals surface area contributed by atoms with E-state index < -0.39 is 0 Å². The van der Waals surface area contributed by atoms with Gasteiger partial charge in [0.05, 0.1) is 0 Å². The number of aliphatic imine (C=N–C) groups is 1. The van der Waals surface area contributed by atoms with Crippen LogP contribution in [0.1, 0.15) is 26.2 Å². The van der Waals surface area contributed by atoms with Gasteiger partial charge in [0.1, 0.15) is 0 Å². The maximum absolute atomic E-state index is 4.41. The van der Waals surface area contributed by atoms with Crippen LogP contribution >= 0.6 is 15.9 Å². The number of hydrogen-bond donors (Lipinski definition) is 2. The van der Waals surface area contributed by atoms with E-state index >= 15 is 0 Å². The third-order valence-corrected chi connectivity index (χ3v) is 6.14. The van der Waals surface area contributed by atoms with Crippen LogP contribution in [0.15, 0.2) is 33.7 Å². The van der Waals surface area contributed by atoms with Crippen molar-refractivity contribution in [3.05, 3.63) is 28.7 Å². The maximum atomic E-state index is 4.41. The molecular formula is C20H32BrN5. The number of likely N-dealkylation sites (tertiary alicyclic amines) is 1. The summed E-state index contributed by atoms with van der Waals surface area (Å²) in [6.45, 7) is 8.83. The minimum atomic E-state index is 0.650. The molecule has 0 aromatic heterocycles. The molecule has 2 aliphatic rings. The summed E-state index contributed by atoms with van der Waals surface area (Å²) in [5.41, 5.74) is 1.31. The van der Waals surface area contributed by atoms with E-state index in [0.717, 1.165) is 43.2 Å². The zero-order chi connectivity index (χ0) is 18.4. The topological polar surface area (TPSA) is 42.9 Å². The van der Waals surface area contributed by atoms with Crippen LogP contribution in [-0.4, -0.2) is 63.2 Å². The molecule has 2 N–H and O–H groups in total. The Morgan fingerprint density at radius 1 is 1.23 bits per heavy atom. The van der Waals surface area contributed by atoms with Crippen LogP contribution in [0.25, 0.3) is 0 Å². The average Bonchev–Trinajstić information content (AvgIpc) is 3.31. The summed E-state index contributed by atoms with van der Waals surface area (Å²) in [5.74, 6) is 1.60. The molecule has 2 saturated heterocycles. The Labute approximate surface area is 166 Å². The number of likely N-dealkylation sites (N-methyl/N-ethyl adjacent to an activating group) is 1. The number of rotatable bonds is 6. The summed E-state index contributed by atoms with van der Waals surface area (Å²) in [4.78, 5) is 9.45. The second kappa shape index (κ2) is 9.60. The Bertz CT molecular complexity index is 606. The van der Waals surface area contributed by atoms with Crippen LogP contribution in [0.2, 0.25) is 0 Å². The molecule has 1 aromatic carbocycles. The first-order valence-corrected chi connectivity index (χ1v) is 10.7. The van der Waals surface area contributed by atoms with E-state index in [-0.39, 0.29) is 0 Å². The van der Waals surface area contributed by atoms with Gasteiger partial charge >= 0.3 is 0 Å². The lowest BCUT2D eigenvalue weighted by Crippen LogP contribution is -2.46. The molecule has 5 nitrogen and oxygen atoms in total. The number of hydrogen-bond acceptors (Lipinski definition) is 3. The minimum absolute atomic E-state index is 0.650. The molecule has 0 radical (unpaired) electrons. The van der Waals surface area contributed by atoms with E-state index in [1.165, 1.54) is 31.5 Å². The van der Waals surface area contributed by atoms with Crippen LogP contribution in [0.3, 0.4) is 0 Å². The van der Waals surface area contributed by atoms with Crippen LogP contribution in [0.5, 0.6) is 0 Å². The molecule has 6 heteroatoms. The molecule has 0 amide bonds. The van der Waals surface area contributed by atoms with Gasteiger partial charge in [0.15, 0.2) is 5.96 Å². The van der Waals surface area contributed by atoms with Gasteiger partial charge in [-0.3, -0.25) is 9.89 Å². The molecule has 2 heterocycles. The van der Waals surface area contributed by atoms with Crippen LogP contribution in [0.4, 0.5) is 5.69 Å². The van der Waals surface area contributed by atoms with Crippen molar-refractivity contribution in [1.82, 2.24) is 15.5 Å². The normalized spacial score (nSPS) is 24.3. The fraction of sp³-hybridized carbons (Fsp3) is 0.650. The first-order chi connectivity index (χ1) is 12.7. The molecule has 2 atom stereocenters. The van der Waals surface area contributed by atoms with E-state index in [4.69, 9.17) is 0 Å². The third kappa shape index (κ3) is 5.13. The fourth-order valence-electron chi connectivity index (χ4n) is 4.13. The van der Waals surface area contributed by atoms with Crippen molar-refractivity contribution in [2.45, 2.75) is 32.2 Å². The standard InChI is InChI=1S/C20H32BrN5/c1-3-25-10-5-8-19(25)14-24-20(22-2)23-13-16-9-11-26(15-16)18-7-4-6-17(21)12-18/h4,6-7,12,16,19H,3,5,8-11,13-15H2,1-2H3,(H2,22,23,24). The number of nitrogens with zero attached hydrogens (tertiary/aromatic N) is 3. The highest BCUT2D eigenvalue weighted by molar-refractivity contribution is 9.10. The van der Waals surface area contributed by atoms with Crippen LogP contribution in [-0.2, 0) is 0 Å². The summed E-state index contributed by atoms with van der Waals surface area (Å²) in [6, 6.07) is 9.24. The molecule has 26 heavy (non-hydrogen) atoms. The molecule has 0 aliphatic carbocycles. The molecular weight excluding hydrogens is 390 g/mol. The van der Waals surface area contributed by atoms with E-state index in [9.17, 15) is 0 Å². The molecule has 1 aromatic rings. The Balaban J connectivity index is 1.41. The van der Waals surface area contributed by atoms with Gasteiger partial charge in [-0.1, -0.05) is 28.9 Å². The van der Waals surface area contributed by atoms with Crippen LogP contribution in [0, 0.1) is 5.92 Å². The average molecular weight is 422 g/mol. The quantitative estimate of drug-likeness (QED) is 0.547. The minimum Gasteiger partial charge on any atom is -0.371 e. The van der Waals surface area contributed by atoms with Gasteiger partial charge in [-0.15, -0.1) is 0 Å². The van der Waals surface area contributed by atoms with Gasteiger partial charge in [0, 0.05) is 49.4 Å².